The molecule has 2 fully saturated rings. The molecular formula is C29H35ClO5. The molecule has 188 valence electrons. The Labute approximate surface area is 212 Å². The highest BCUT2D eigenvalue weighted by molar-refractivity contribution is 6.30. The summed E-state index contributed by atoms with van der Waals surface area (Å²) in [5.41, 5.74) is 2.32. The molecule has 0 N–H and O–H groups in total. The summed E-state index contributed by atoms with van der Waals surface area (Å²) in [5, 5.41) is 0.569. The number of furan rings is 1. The van der Waals surface area contributed by atoms with Gasteiger partial charge in [-0.25, -0.2) is 4.79 Å². The van der Waals surface area contributed by atoms with Crippen molar-refractivity contribution in [3.05, 3.63) is 70.7 Å². The van der Waals surface area contributed by atoms with Crippen LogP contribution in [0.4, 0.5) is 0 Å². The summed E-state index contributed by atoms with van der Waals surface area (Å²) >= 11 is 5.90. The fourth-order valence-electron chi connectivity index (χ4n) is 6.78. The van der Waals surface area contributed by atoms with E-state index in [4.69, 9.17) is 25.5 Å². The van der Waals surface area contributed by atoms with E-state index in [-0.39, 0.29) is 23.9 Å². The van der Waals surface area contributed by atoms with Crippen LogP contribution in [0.15, 0.2) is 53.2 Å². The number of halogens is 1. The van der Waals surface area contributed by atoms with E-state index in [1.807, 2.05) is 6.07 Å². The lowest BCUT2D eigenvalue weighted by molar-refractivity contribution is -0.168. The van der Waals surface area contributed by atoms with Crippen molar-refractivity contribution in [1.29, 1.82) is 0 Å². The Balaban J connectivity index is 1.44. The average molecular weight is 499 g/mol. The Bertz CT molecular complexity index is 1090. The lowest BCUT2D eigenvalue weighted by atomic mass is 9.46. The summed E-state index contributed by atoms with van der Waals surface area (Å²) in [4.78, 5) is 25.2. The van der Waals surface area contributed by atoms with Crippen LogP contribution < -0.4 is 0 Å². The first-order chi connectivity index (χ1) is 16.7. The molecule has 5 nitrogen and oxygen atoms in total. The summed E-state index contributed by atoms with van der Waals surface area (Å²) < 4.78 is 16.4. The number of carbonyl (C=O) groups excluding carboxylic acids is 2. The fourth-order valence-corrected chi connectivity index (χ4v) is 6.90. The molecule has 2 saturated carbocycles. The smallest absolute Gasteiger partial charge is 0.338 e. The molecule has 1 unspecified atom stereocenters. The van der Waals surface area contributed by atoms with Gasteiger partial charge in [0.25, 0.3) is 0 Å². The normalized spacial score (nSPS) is 28.3. The molecule has 1 heterocycles. The highest BCUT2D eigenvalue weighted by Gasteiger charge is 2.57. The third-order valence-corrected chi connectivity index (χ3v) is 8.88. The van der Waals surface area contributed by atoms with Crippen LogP contribution in [0, 0.1) is 22.7 Å². The van der Waals surface area contributed by atoms with Crippen molar-refractivity contribution in [3.63, 3.8) is 0 Å². The molecule has 1 aromatic carbocycles. The van der Waals surface area contributed by atoms with Crippen molar-refractivity contribution in [1.82, 2.24) is 0 Å². The monoisotopic (exact) mass is 498 g/mol. The van der Waals surface area contributed by atoms with Crippen molar-refractivity contribution in [2.45, 2.75) is 65.4 Å². The van der Waals surface area contributed by atoms with Crippen molar-refractivity contribution < 1.29 is 23.5 Å². The van der Waals surface area contributed by atoms with E-state index in [0.29, 0.717) is 22.3 Å². The summed E-state index contributed by atoms with van der Waals surface area (Å²) in [6.45, 7) is 8.96. The Hall–Kier alpha value is -2.53. The summed E-state index contributed by atoms with van der Waals surface area (Å²) in [6.07, 6.45) is 8.26. The third-order valence-electron chi connectivity index (χ3n) is 8.63. The molecule has 0 spiro atoms. The molecule has 2 aliphatic carbocycles. The first-order valence-electron chi connectivity index (χ1n) is 12.4. The summed E-state index contributed by atoms with van der Waals surface area (Å²) in [6, 6.07) is 8.57. The van der Waals surface area contributed by atoms with Crippen molar-refractivity contribution in [2.75, 3.05) is 7.11 Å². The quantitative estimate of drug-likeness (QED) is 0.299. The predicted octanol–water partition coefficient (Wildman–Crippen LogP) is 7.17. The molecule has 0 amide bonds. The molecular weight excluding hydrogens is 464 g/mol. The van der Waals surface area contributed by atoms with Crippen LogP contribution in [0.5, 0.6) is 0 Å². The standard InChI is InChI=1S/C29H35ClO5/c1-19-6-13-25-28(2,15-5-16-29(25,3)27(32)33-4)23(19)12-9-20-14-17-34-24(20)18-35-26(31)21-7-10-22(30)11-8-21/h7-8,10-11,14,17,23,25H,1,5-6,9,12-13,15-16,18H2,2-4H3/t23-,25?,28+,29-/m0/s1. The molecule has 0 saturated heterocycles. The van der Waals surface area contributed by atoms with Gasteiger partial charge in [-0.15, -0.1) is 0 Å². The van der Waals surface area contributed by atoms with Crippen LogP contribution in [0.3, 0.4) is 0 Å². The van der Waals surface area contributed by atoms with Crippen LogP contribution in [-0.2, 0) is 27.3 Å². The number of aryl methyl sites for hydroxylation is 1. The maximum absolute atomic E-state index is 12.8. The predicted molar refractivity (Wildman–Crippen MR) is 135 cm³/mol. The minimum absolute atomic E-state index is 0.00146. The number of hydrogen-bond donors (Lipinski definition) is 0. The lowest BCUT2D eigenvalue weighted by Crippen LogP contribution is -2.53. The Kier molecular flexibility index (Phi) is 7.46. The van der Waals surface area contributed by atoms with Crippen LogP contribution in [-0.4, -0.2) is 19.0 Å². The van der Waals surface area contributed by atoms with Gasteiger partial charge in [-0.2, -0.15) is 0 Å². The molecule has 2 aliphatic rings. The van der Waals surface area contributed by atoms with E-state index in [2.05, 4.69) is 20.4 Å². The van der Waals surface area contributed by atoms with Crippen molar-refractivity contribution in [2.24, 2.45) is 22.7 Å². The van der Waals surface area contributed by atoms with Gasteiger partial charge < -0.3 is 13.9 Å². The number of rotatable bonds is 7. The van der Waals surface area contributed by atoms with E-state index < -0.39 is 11.4 Å². The van der Waals surface area contributed by atoms with Gasteiger partial charge >= 0.3 is 11.9 Å². The number of methoxy groups -OCH3 is 1. The van der Waals surface area contributed by atoms with Gasteiger partial charge in [0.05, 0.1) is 24.4 Å². The molecule has 4 rings (SSSR count). The van der Waals surface area contributed by atoms with E-state index in [1.165, 1.54) is 12.7 Å². The topological polar surface area (TPSA) is 65.7 Å². The summed E-state index contributed by atoms with van der Waals surface area (Å²) in [5.74, 6) is 0.753. The Morgan fingerprint density at radius 1 is 1.17 bits per heavy atom. The number of benzene rings is 1. The number of allylic oxidation sites excluding steroid dienone is 1. The second-order valence-corrected chi connectivity index (χ2v) is 11.0. The molecule has 2 aromatic rings. The van der Waals surface area contributed by atoms with Crippen LogP contribution in [0.1, 0.15) is 74.1 Å². The fraction of sp³-hybridized carbons (Fsp3) is 0.517. The van der Waals surface area contributed by atoms with Gasteiger partial charge in [0.15, 0.2) is 0 Å². The minimum atomic E-state index is -0.447. The zero-order valence-corrected chi connectivity index (χ0v) is 21.7. The third kappa shape index (κ3) is 4.93. The lowest BCUT2D eigenvalue weighted by Gasteiger charge is -2.57. The minimum Gasteiger partial charge on any atom is -0.469 e. The molecule has 0 aliphatic heterocycles. The average Bonchev–Trinajstić information content (AvgIpc) is 3.29. The van der Waals surface area contributed by atoms with Gasteiger partial charge in [-0.05, 0) is 98.6 Å². The highest BCUT2D eigenvalue weighted by Crippen LogP contribution is 2.62. The zero-order chi connectivity index (χ0) is 25.2. The second-order valence-electron chi connectivity index (χ2n) is 10.6. The van der Waals surface area contributed by atoms with Gasteiger partial charge in [0.2, 0.25) is 0 Å². The van der Waals surface area contributed by atoms with Gasteiger partial charge in [-0.3, -0.25) is 4.79 Å². The molecule has 0 radical (unpaired) electrons. The second kappa shape index (κ2) is 10.2. The molecule has 4 atom stereocenters. The van der Waals surface area contributed by atoms with Crippen LogP contribution in [0.2, 0.25) is 5.02 Å². The largest absolute Gasteiger partial charge is 0.469 e. The molecule has 35 heavy (non-hydrogen) atoms. The highest BCUT2D eigenvalue weighted by atomic mass is 35.5. The van der Waals surface area contributed by atoms with Crippen molar-refractivity contribution >= 4 is 23.5 Å². The number of ether oxygens (including phenoxy) is 2. The van der Waals surface area contributed by atoms with Gasteiger partial charge in [0, 0.05) is 5.02 Å². The van der Waals surface area contributed by atoms with Crippen molar-refractivity contribution in [3.8, 4) is 0 Å². The zero-order valence-electron chi connectivity index (χ0n) is 20.9. The van der Waals surface area contributed by atoms with Gasteiger partial charge in [0.1, 0.15) is 12.4 Å². The van der Waals surface area contributed by atoms with E-state index in [1.54, 1.807) is 30.5 Å². The van der Waals surface area contributed by atoms with E-state index in [9.17, 15) is 9.59 Å². The summed E-state index contributed by atoms with van der Waals surface area (Å²) in [7, 11) is 1.50. The van der Waals surface area contributed by atoms with Gasteiger partial charge in [-0.1, -0.05) is 37.1 Å². The number of hydrogen-bond acceptors (Lipinski definition) is 5. The number of fused-ring (bicyclic) bond motifs is 1. The Morgan fingerprint density at radius 3 is 2.63 bits per heavy atom. The first-order valence-corrected chi connectivity index (χ1v) is 12.8. The number of esters is 2. The SMILES string of the molecule is C=C1CCC2[C@](C)(CCC[C@]2(C)C(=O)OC)[C@H]1CCc1ccoc1COC(=O)c1ccc(Cl)cc1. The molecule has 1 aromatic heterocycles. The molecule has 0 bridgehead atoms. The van der Waals surface area contributed by atoms with E-state index >= 15 is 0 Å². The maximum Gasteiger partial charge on any atom is 0.338 e. The first kappa shape index (κ1) is 25.6. The number of carbonyl (C=O) groups is 2. The van der Waals surface area contributed by atoms with Crippen LogP contribution >= 0.6 is 11.6 Å². The Morgan fingerprint density at radius 2 is 1.91 bits per heavy atom. The molecule has 6 heteroatoms. The van der Waals surface area contributed by atoms with Crippen LogP contribution in [0.25, 0.3) is 0 Å². The maximum atomic E-state index is 12.8. The van der Waals surface area contributed by atoms with E-state index in [0.717, 1.165) is 50.5 Å².